The van der Waals surface area contributed by atoms with Crippen LogP contribution in [0.2, 0.25) is 30.4 Å². The number of terminal acetylenes is 1. The third-order valence-corrected chi connectivity index (χ3v) is 11.3. The lowest BCUT2D eigenvalue weighted by Gasteiger charge is -2.17. The SMILES string of the molecule is C#CCOc1cc(Cl)ccc1Oc1cc(-c2c(Cl)n3n(c2=O)CCCC3)c(F)cc1Cl.O=c1c(-c2cc(Oc3ccc(Cl)cc3O)c(Cl)cc2F)c(Cl)n2n1CCCC2. The highest BCUT2D eigenvalue weighted by atomic mass is 35.5. The maximum atomic E-state index is 14.9. The lowest BCUT2D eigenvalue weighted by molar-refractivity contribution is 0.346. The molecular formula is C41H30Cl6F2N4O6. The van der Waals surface area contributed by atoms with Crippen LogP contribution in [-0.2, 0) is 26.2 Å². The summed E-state index contributed by atoms with van der Waals surface area (Å²) in [6.45, 7) is 2.23. The molecule has 2 aliphatic rings. The Morgan fingerprint density at radius 2 is 1.03 bits per heavy atom. The second-order valence-corrected chi connectivity index (χ2v) is 15.7. The topological polar surface area (TPSA) is 102 Å². The minimum Gasteiger partial charge on any atom is -0.504 e. The minimum absolute atomic E-state index is 0.00175. The monoisotopic (exact) mass is 922 g/mol. The molecule has 306 valence electrons. The van der Waals surface area contributed by atoms with Crippen LogP contribution in [0.4, 0.5) is 8.78 Å². The molecule has 4 aromatic carbocycles. The second kappa shape index (κ2) is 17.9. The average molecular weight is 925 g/mol. The van der Waals surface area contributed by atoms with Crippen molar-refractivity contribution in [2.45, 2.75) is 51.9 Å². The summed E-state index contributed by atoms with van der Waals surface area (Å²) in [5, 5.41) is 11.1. The molecule has 0 amide bonds. The zero-order valence-electron chi connectivity index (χ0n) is 30.5. The Balaban J connectivity index is 0.000000180. The van der Waals surface area contributed by atoms with Gasteiger partial charge in [0.25, 0.3) is 11.1 Å². The van der Waals surface area contributed by atoms with E-state index in [4.69, 9.17) is 90.2 Å². The van der Waals surface area contributed by atoms with E-state index >= 15 is 0 Å². The third kappa shape index (κ3) is 8.64. The number of halogens is 8. The number of aromatic hydroxyl groups is 1. The Morgan fingerprint density at radius 1 is 0.593 bits per heavy atom. The summed E-state index contributed by atoms with van der Waals surface area (Å²) in [5.41, 5.74) is -0.612. The maximum Gasteiger partial charge on any atom is 0.276 e. The first-order valence-electron chi connectivity index (χ1n) is 17.9. The van der Waals surface area contributed by atoms with Gasteiger partial charge in [0.15, 0.2) is 23.0 Å². The molecule has 0 unspecified atom stereocenters. The molecule has 10 nitrogen and oxygen atoms in total. The van der Waals surface area contributed by atoms with Crippen LogP contribution >= 0.6 is 69.6 Å². The number of fused-ring (bicyclic) bond motifs is 2. The number of rotatable bonds is 8. The molecule has 8 rings (SSSR count). The molecule has 0 atom stereocenters. The Morgan fingerprint density at radius 3 is 1.49 bits per heavy atom. The first kappa shape index (κ1) is 42.4. The summed E-state index contributed by atoms with van der Waals surface area (Å²) in [6, 6.07) is 13.8. The number of nitrogens with zero attached hydrogens (tertiary/aromatic N) is 4. The second-order valence-electron chi connectivity index (χ2n) is 13.3. The van der Waals surface area contributed by atoms with Crippen molar-refractivity contribution in [1.29, 1.82) is 0 Å². The fraction of sp³-hybridized carbons (Fsp3) is 0.220. The predicted molar refractivity (Wildman–Crippen MR) is 226 cm³/mol. The number of phenols is 1. The fourth-order valence-corrected chi connectivity index (χ4v) is 8.14. The summed E-state index contributed by atoms with van der Waals surface area (Å²) >= 11 is 37.0. The van der Waals surface area contributed by atoms with E-state index in [-0.39, 0.29) is 89.1 Å². The molecule has 18 heteroatoms. The Hall–Kier alpha value is -4.74. The summed E-state index contributed by atoms with van der Waals surface area (Å²) in [4.78, 5) is 25.7. The lowest BCUT2D eigenvalue weighted by Crippen LogP contribution is -2.27. The smallest absolute Gasteiger partial charge is 0.276 e. The van der Waals surface area contributed by atoms with E-state index < -0.39 is 11.6 Å². The summed E-state index contributed by atoms with van der Waals surface area (Å²) < 4.78 is 52.9. The molecule has 0 bridgehead atoms. The van der Waals surface area contributed by atoms with Crippen LogP contribution in [0.5, 0.6) is 34.5 Å². The molecule has 59 heavy (non-hydrogen) atoms. The Labute approximate surface area is 365 Å². The summed E-state index contributed by atoms with van der Waals surface area (Å²) in [6.07, 6.45) is 8.74. The molecule has 2 aromatic heterocycles. The van der Waals surface area contributed by atoms with Crippen LogP contribution in [0.1, 0.15) is 25.7 Å². The van der Waals surface area contributed by atoms with Crippen molar-refractivity contribution in [2.24, 2.45) is 0 Å². The Kier molecular flexibility index (Phi) is 12.8. The van der Waals surface area contributed by atoms with Gasteiger partial charge < -0.3 is 19.3 Å². The van der Waals surface area contributed by atoms with Crippen LogP contribution in [0.25, 0.3) is 22.3 Å². The van der Waals surface area contributed by atoms with Gasteiger partial charge >= 0.3 is 0 Å². The molecule has 1 N–H and O–H groups in total. The highest BCUT2D eigenvalue weighted by Crippen LogP contribution is 2.42. The van der Waals surface area contributed by atoms with Crippen molar-refractivity contribution >= 4 is 69.6 Å². The van der Waals surface area contributed by atoms with Crippen LogP contribution in [-0.4, -0.2) is 30.4 Å². The number of hydrogen-bond donors (Lipinski definition) is 1. The van der Waals surface area contributed by atoms with Crippen molar-refractivity contribution < 1.29 is 28.1 Å². The van der Waals surface area contributed by atoms with Gasteiger partial charge in [-0.3, -0.25) is 19.0 Å². The van der Waals surface area contributed by atoms with Crippen molar-refractivity contribution in [3.63, 3.8) is 0 Å². The fourth-order valence-electron chi connectivity index (χ4n) is 6.72. The molecule has 6 aromatic rings. The molecule has 0 radical (unpaired) electrons. The van der Waals surface area contributed by atoms with Gasteiger partial charge in [0.1, 0.15) is 40.0 Å². The van der Waals surface area contributed by atoms with Crippen molar-refractivity contribution in [3.8, 4) is 69.1 Å². The molecular weight excluding hydrogens is 895 g/mol. The highest BCUT2D eigenvalue weighted by molar-refractivity contribution is 6.34. The number of phenolic OH excluding ortho intramolecular Hbond substituents is 1. The lowest BCUT2D eigenvalue weighted by atomic mass is 10.1. The van der Waals surface area contributed by atoms with Crippen molar-refractivity contribution in [3.05, 3.63) is 123 Å². The van der Waals surface area contributed by atoms with Gasteiger partial charge in [0.05, 0.1) is 21.2 Å². The van der Waals surface area contributed by atoms with E-state index in [1.54, 1.807) is 21.5 Å². The molecule has 2 aliphatic heterocycles. The first-order valence-corrected chi connectivity index (χ1v) is 20.2. The summed E-state index contributed by atoms with van der Waals surface area (Å²) in [5.74, 6) is 1.63. The van der Waals surface area contributed by atoms with Crippen LogP contribution < -0.4 is 25.3 Å². The van der Waals surface area contributed by atoms with E-state index in [1.807, 2.05) is 0 Å². The van der Waals surface area contributed by atoms with Gasteiger partial charge in [-0.05, 0) is 74.2 Å². The number of hydrogen-bond acceptors (Lipinski definition) is 6. The number of benzene rings is 4. The van der Waals surface area contributed by atoms with Crippen LogP contribution in [0, 0.1) is 24.0 Å². The van der Waals surface area contributed by atoms with E-state index in [0.29, 0.717) is 42.0 Å². The van der Waals surface area contributed by atoms with Gasteiger partial charge in [0.2, 0.25) is 0 Å². The Bertz CT molecular complexity index is 2770. The first-order chi connectivity index (χ1) is 28.3. The third-order valence-electron chi connectivity index (χ3n) is 9.48. The van der Waals surface area contributed by atoms with Crippen LogP contribution in [0.15, 0.2) is 70.3 Å². The molecule has 0 saturated carbocycles. The summed E-state index contributed by atoms with van der Waals surface area (Å²) in [7, 11) is 0. The normalized spacial score (nSPS) is 13.1. The standard InChI is InChI=1S/C22H16Cl3FN2O3.C19H14Cl3FN2O3/c1-2-9-30-19-10-13(23)5-6-17(19)31-18-11-14(16(26)12-15(18)24)20-21(25)27-7-3-4-8-28(27)22(20)29;20-10-3-4-15(14(26)7-10)28-16-8-11(13(23)9-12(16)21)17-18(22)24-5-1-2-6-25(24)19(17)27/h1,5-6,10-12H,3-4,7-9H2;3-4,7-9,26H,1-2,5-6H2. The van der Waals surface area contributed by atoms with Gasteiger partial charge in [-0.25, -0.2) is 18.1 Å². The van der Waals surface area contributed by atoms with E-state index in [0.717, 1.165) is 37.8 Å². The van der Waals surface area contributed by atoms with E-state index in [1.165, 1.54) is 45.8 Å². The minimum atomic E-state index is -0.694. The van der Waals surface area contributed by atoms with Gasteiger partial charge in [-0.2, -0.15) is 0 Å². The molecule has 0 saturated heterocycles. The molecule has 0 spiro atoms. The molecule has 0 fully saturated rings. The predicted octanol–water partition coefficient (Wildman–Crippen LogP) is 11.7. The van der Waals surface area contributed by atoms with Crippen LogP contribution in [0.3, 0.4) is 0 Å². The number of aromatic nitrogens is 4. The molecule has 0 aliphatic carbocycles. The highest BCUT2D eigenvalue weighted by Gasteiger charge is 2.27. The largest absolute Gasteiger partial charge is 0.504 e. The maximum absolute atomic E-state index is 14.9. The van der Waals surface area contributed by atoms with Gasteiger partial charge in [-0.15, -0.1) is 6.42 Å². The quantitative estimate of drug-likeness (QED) is 0.153. The van der Waals surface area contributed by atoms with Gasteiger partial charge in [0, 0.05) is 59.5 Å². The van der Waals surface area contributed by atoms with Gasteiger partial charge in [-0.1, -0.05) is 75.5 Å². The molecule has 4 heterocycles. The zero-order valence-corrected chi connectivity index (χ0v) is 35.1. The number of ether oxygens (including phenoxy) is 3. The van der Waals surface area contributed by atoms with E-state index in [2.05, 4.69) is 5.92 Å². The van der Waals surface area contributed by atoms with Crippen molar-refractivity contribution in [1.82, 2.24) is 18.7 Å². The van der Waals surface area contributed by atoms with E-state index in [9.17, 15) is 23.5 Å². The van der Waals surface area contributed by atoms with Crippen molar-refractivity contribution in [2.75, 3.05) is 6.61 Å². The zero-order chi connectivity index (χ0) is 42.1. The average Bonchev–Trinajstić information content (AvgIpc) is 3.61.